The van der Waals surface area contributed by atoms with Crippen LogP contribution in [0.1, 0.15) is 36.6 Å². The molecule has 2 aromatic rings. The van der Waals surface area contributed by atoms with Crippen molar-refractivity contribution >= 4 is 0 Å². The summed E-state index contributed by atoms with van der Waals surface area (Å²) in [6.07, 6.45) is -4.86. The summed E-state index contributed by atoms with van der Waals surface area (Å²) >= 11 is 0. The highest BCUT2D eigenvalue weighted by Gasteiger charge is 2.44. The Labute approximate surface area is 158 Å². The molecule has 1 aliphatic rings. The van der Waals surface area contributed by atoms with Gasteiger partial charge in [-0.1, -0.05) is 6.07 Å². The SMILES string of the molecule is COc1cc([C@@H]2C(C#N)=C(N)Oc3n[nH]c(C(F)(F)F)c32)ccc1OC(C)C. The summed E-state index contributed by atoms with van der Waals surface area (Å²) in [6.45, 7) is 3.66. The third kappa shape index (κ3) is 3.31. The van der Waals surface area contributed by atoms with Crippen LogP contribution in [-0.2, 0) is 6.18 Å². The van der Waals surface area contributed by atoms with E-state index < -0.39 is 17.8 Å². The maximum Gasteiger partial charge on any atom is 0.433 e. The van der Waals surface area contributed by atoms with Crippen LogP contribution in [0.15, 0.2) is 29.7 Å². The molecule has 2 heterocycles. The summed E-state index contributed by atoms with van der Waals surface area (Å²) in [5, 5.41) is 15.0. The van der Waals surface area contributed by atoms with Gasteiger partial charge in [0.05, 0.1) is 24.7 Å². The Kier molecular flexibility index (Phi) is 4.85. The highest BCUT2D eigenvalue weighted by molar-refractivity contribution is 5.58. The van der Waals surface area contributed by atoms with E-state index in [2.05, 4.69) is 5.10 Å². The maximum absolute atomic E-state index is 13.5. The zero-order chi connectivity index (χ0) is 20.6. The van der Waals surface area contributed by atoms with Gasteiger partial charge in [-0.05, 0) is 31.5 Å². The lowest BCUT2D eigenvalue weighted by molar-refractivity contribution is -0.141. The van der Waals surface area contributed by atoms with Crippen molar-refractivity contribution in [2.24, 2.45) is 5.73 Å². The van der Waals surface area contributed by atoms with E-state index in [0.717, 1.165) is 0 Å². The van der Waals surface area contributed by atoms with Crippen LogP contribution in [0.4, 0.5) is 13.2 Å². The number of aromatic nitrogens is 2. The molecule has 1 aromatic carbocycles. The minimum Gasteiger partial charge on any atom is -0.493 e. The zero-order valence-corrected chi connectivity index (χ0v) is 15.2. The molecule has 148 valence electrons. The molecule has 1 aromatic heterocycles. The van der Waals surface area contributed by atoms with Crippen molar-refractivity contribution in [2.45, 2.75) is 32.0 Å². The van der Waals surface area contributed by atoms with Crippen LogP contribution < -0.4 is 19.9 Å². The number of fused-ring (bicyclic) bond motifs is 1. The Hall–Kier alpha value is -3.35. The number of nitrogens with two attached hydrogens (primary N) is 1. The number of hydrogen-bond acceptors (Lipinski definition) is 6. The monoisotopic (exact) mass is 394 g/mol. The minimum atomic E-state index is -4.72. The van der Waals surface area contributed by atoms with Crippen LogP contribution in [0.2, 0.25) is 0 Å². The molecule has 0 amide bonds. The lowest BCUT2D eigenvalue weighted by Gasteiger charge is -2.25. The van der Waals surface area contributed by atoms with Crippen molar-refractivity contribution in [3.05, 3.63) is 46.5 Å². The van der Waals surface area contributed by atoms with Crippen molar-refractivity contribution in [2.75, 3.05) is 7.11 Å². The maximum atomic E-state index is 13.5. The molecule has 28 heavy (non-hydrogen) atoms. The second-order valence-electron chi connectivity index (χ2n) is 6.32. The number of benzene rings is 1. The largest absolute Gasteiger partial charge is 0.493 e. The average molecular weight is 394 g/mol. The molecule has 3 N–H and O–H groups in total. The number of methoxy groups -OCH3 is 1. The van der Waals surface area contributed by atoms with Crippen LogP contribution >= 0.6 is 0 Å². The van der Waals surface area contributed by atoms with Gasteiger partial charge in [-0.15, -0.1) is 5.10 Å². The van der Waals surface area contributed by atoms with E-state index in [0.29, 0.717) is 17.1 Å². The van der Waals surface area contributed by atoms with Gasteiger partial charge in [0.1, 0.15) is 17.3 Å². The standard InChI is InChI=1S/C18H17F3N4O3/c1-8(2)27-11-5-4-9(6-12(11)26-3)13-10(7-22)16(23)28-17-14(13)15(24-25-17)18(19,20)21/h4-6,8,13H,23H2,1-3H3,(H,24,25)/t13-/m1/s1. The first-order valence-electron chi connectivity index (χ1n) is 8.25. The van der Waals surface area contributed by atoms with Crippen molar-refractivity contribution in [3.8, 4) is 23.4 Å². The van der Waals surface area contributed by atoms with E-state index in [1.165, 1.54) is 13.2 Å². The van der Waals surface area contributed by atoms with Gasteiger partial charge in [-0.25, -0.2) is 0 Å². The summed E-state index contributed by atoms with van der Waals surface area (Å²) in [5.74, 6) is -1.03. The summed E-state index contributed by atoms with van der Waals surface area (Å²) in [5.41, 5.74) is 4.55. The number of nitriles is 1. The fourth-order valence-corrected chi connectivity index (χ4v) is 3.01. The summed E-state index contributed by atoms with van der Waals surface area (Å²) in [7, 11) is 1.41. The number of H-pyrrole nitrogens is 1. The van der Waals surface area contributed by atoms with E-state index in [-0.39, 0.29) is 29.0 Å². The normalized spacial score (nSPS) is 16.4. The van der Waals surface area contributed by atoms with Gasteiger partial charge in [0.15, 0.2) is 11.5 Å². The van der Waals surface area contributed by atoms with E-state index in [1.54, 1.807) is 12.1 Å². The number of halogens is 3. The van der Waals surface area contributed by atoms with Gasteiger partial charge >= 0.3 is 6.18 Å². The molecule has 1 aliphatic heterocycles. The molecule has 0 bridgehead atoms. The molecule has 0 saturated heterocycles. The first kappa shape index (κ1) is 19.4. The quantitative estimate of drug-likeness (QED) is 0.823. The topological polar surface area (TPSA) is 106 Å². The summed E-state index contributed by atoms with van der Waals surface area (Å²) in [4.78, 5) is 0. The number of hydrogen-bond donors (Lipinski definition) is 2. The molecule has 0 unspecified atom stereocenters. The number of nitrogens with zero attached hydrogens (tertiary/aromatic N) is 2. The fourth-order valence-electron chi connectivity index (χ4n) is 3.01. The van der Waals surface area contributed by atoms with E-state index >= 15 is 0 Å². The third-order valence-corrected chi connectivity index (χ3v) is 4.11. The summed E-state index contributed by atoms with van der Waals surface area (Å²) < 4.78 is 56.5. The lowest BCUT2D eigenvalue weighted by atomic mass is 9.83. The van der Waals surface area contributed by atoms with Gasteiger partial charge in [-0.3, -0.25) is 5.10 Å². The van der Waals surface area contributed by atoms with Crippen molar-refractivity contribution in [1.82, 2.24) is 10.2 Å². The molecule has 7 nitrogen and oxygen atoms in total. The van der Waals surface area contributed by atoms with Gasteiger partial charge < -0.3 is 19.9 Å². The number of ether oxygens (including phenoxy) is 3. The molecule has 10 heteroatoms. The predicted octanol–water partition coefficient (Wildman–Crippen LogP) is 3.44. The molecule has 0 radical (unpaired) electrons. The Morgan fingerprint density at radius 1 is 1.32 bits per heavy atom. The smallest absolute Gasteiger partial charge is 0.433 e. The van der Waals surface area contributed by atoms with Gasteiger partial charge in [0.25, 0.3) is 0 Å². The second-order valence-corrected chi connectivity index (χ2v) is 6.32. The fraction of sp³-hybridized carbons (Fsp3) is 0.333. The van der Waals surface area contributed by atoms with Gasteiger partial charge in [-0.2, -0.15) is 18.4 Å². The highest BCUT2D eigenvalue weighted by Crippen LogP contribution is 2.48. The molecule has 0 saturated carbocycles. The predicted molar refractivity (Wildman–Crippen MR) is 91.6 cm³/mol. The van der Waals surface area contributed by atoms with Crippen LogP contribution in [0.25, 0.3) is 0 Å². The van der Waals surface area contributed by atoms with E-state index in [9.17, 15) is 18.4 Å². The summed E-state index contributed by atoms with van der Waals surface area (Å²) in [6, 6.07) is 6.48. The van der Waals surface area contributed by atoms with Crippen LogP contribution in [0, 0.1) is 11.3 Å². The van der Waals surface area contributed by atoms with Crippen LogP contribution in [-0.4, -0.2) is 23.4 Å². The van der Waals surface area contributed by atoms with Gasteiger partial charge in [0, 0.05) is 0 Å². The number of nitrogens with one attached hydrogen (secondary N) is 1. The Morgan fingerprint density at radius 2 is 2.04 bits per heavy atom. The lowest BCUT2D eigenvalue weighted by Crippen LogP contribution is -2.23. The molecular formula is C18H17F3N4O3. The zero-order valence-electron chi connectivity index (χ0n) is 15.2. The highest BCUT2D eigenvalue weighted by atomic mass is 19.4. The molecular weight excluding hydrogens is 377 g/mol. The minimum absolute atomic E-state index is 0.134. The van der Waals surface area contributed by atoms with Crippen molar-refractivity contribution in [1.29, 1.82) is 5.26 Å². The second kappa shape index (κ2) is 6.99. The van der Waals surface area contributed by atoms with E-state index in [4.69, 9.17) is 19.9 Å². The van der Waals surface area contributed by atoms with Crippen LogP contribution in [0.5, 0.6) is 17.4 Å². The first-order valence-corrected chi connectivity index (χ1v) is 8.25. The number of rotatable bonds is 4. The Morgan fingerprint density at radius 3 is 2.61 bits per heavy atom. The average Bonchev–Trinajstić information content (AvgIpc) is 3.04. The Bertz CT molecular complexity index is 973. The van der Waals surface area contributed by atoms with E-state index in [1.807, 2.05) is 25.0 Å². The number of aromatic amines is 1. The van der Waals surface area contributed by atoms with Crippen molar-refractivity contribution < 1.29 is 27.4 Å². The molecule has 1 atom stereocenters. The molecule has 0 aliphatic carbocycles. The number of allylic oxidation sites excluding steroid dienone is 1. The van der Waals surface area contributed by atoms with Gasteiger partial charge in [0.2, 0.25) is 11.8 Å². The van der Waals surface area contributed by atoms with Crippen molar-refractivity contribution in [3.63, 3.8) is 0 Å². The molecule has 3 rings (SSSR count). The molecule has 0 spiro atoms. The number of alkyl halides is 3. The molecule has 0 fully saturated rings. The Balaban J connectivity index is 2.20. The third-order valence-electron chi connectivity index (χ3n) is 4.11. The van der Waals surface area contributed by atoms with Crippen LogP contribution in [0.3, 0.4) is 0 Å². The first-order chi connectivity index (χ1) is 13.2.